The van der Waals surface area contributed by atoms with Crippen LogP contribution in [0.5, 0.6) is 0 Å². The first-order valence-electron chi connectivity index (χ1n) is 6.26. The number of rotatable bonds is 7. The number of hydrogen-bond donors (Lipinski definition) is 1. The monoisotopic (exact) mass is 239 g/mol. The van der Waals surface area contributed by atoms with Crippen LogP contribution >= 0.6 is 0 Å². The second kappa shape index (κ2) is 8.04. The third kappa shape index (κ3) is 6.25. The summed E-state index contributed by atoms with van der Waals surface area (Å²) in [6, 6.07) is 2.16. The van der Waals surface area contributed by atoms with Gasteiger partial charge in [0.1, 0.15) is 0 Å². The lowest BCUT2D eigenvalue weighted by molar-refractivity contribution is -0.137. The maximum absolute atomic E-state index is 10.4. The van der Waals surface area contributed by atoms with Gasteiger partial charge in [0.2, 0.25) is 0 Å². The number of unbranched alkanes of at least 4 members (excludes halogenated alkanes) is 2. The number of nitrogens with zero attached hydrogens (tertiary/aromatic N) is 3. The van der Waals surface area contributed by atoms with E-state index in [0.29, 0.717) is 13.0 Å². The molecule has 0 aromatic carbocycles. The second-order valence-electron chi connectivity index (χ2n) is 4.44. The van der Waals surface area contributed by atoms with Gasteiger partial charge in [0, 0.05) is 39.1 Å². The van der Waals surface area contributed by atoms with Crippen LogP contribution in [0.4, 0.5) is 0 Å². The molecule has 1 aliphatic heterocycles. The first-order chi connectivity index (χ1) is 8.22. The molecule has 1 fully saturated rings. The molecule has 0 unspecified atom stereocenters. The predicted molar refractivity (Wildman–Crippen MR) is 64.6 cm³/mol. The van der Waals surface area contributed by atoms with E-state index < -0.39 is 5.97 Å². The van der Waals surface area contributed by atoms with Gasteiger partial charge in [0.05, 0.1) is 12.5 Å². The molecule has 96 valence electrons. The highest BCUT2D eigenvalue weighted by molar-refractivity contribution is 5.66. The van der Waals surface area contributed by atoms with Crippen LogP contribution in [-0.2, 0) is 4.79 Å². The molecule has 0 aliphatic carbocycles. The Labute approximate surface area is 103 Å². The normalized spacial score (nSPS) is 17.8. The van der Waals surface area contributed by atoms with Gasteiger partial charge in [-0.25, -0.2) is 0 Å². The van der Waals surface area contributed by atoms with Gasteiger partial charge in [-0.15, -0.1) is 0 Å². The molecular weight excluding hydrogens is 218 g/mol. The van der Waals surface area contributed by atoms with Crippen LogP contribution < -0.4 is 0 Å². The highest BCUT2D eigenvalue weighted by Gasteiger charge is 2.16. The molecule has 0 aromatic rings. The molecule has 1 saturated heterocycles. The van der Waals surface area contributed by atoms with Crippen molar-refractivity contribution in [3.05, 3.63) is 0 Å². The minimum Gasteiger partial charge on any atom is -0.481 e. The smallest absolute Gasteiger partial charge is 0.304 e. The van der Waals surface area contributed by atoms with Crippen molar-refractivity contribution in [2.45, 2.75) is 25.7 Å². The number of carboxylic acids is 1. The van der Waals surface area contributed by atoms with Crippen LogP contribution in [0.3, 0.4) is 0 Å². The Morgan fingerprint density at radius 1 is 1.12 bits per heavy atom. The fourth-order valence-corrected chi connectivity index (χ4v) is 2.03. The van der Waals surface area contributed by atoms with E-state index >= 15 is 0 Å². The van der Waals surface area contributed by atoms with Crippen LogP contribution in [0.1, 0.15) is 25.7 Å². The highest BCUT2D eigenvalue weighted by Crippen LogP contribution is 2.05. The standard InChI is InChI=1S/C12H21N3O2/c13-5-2-1-3-6-14-8-10-15(11-9-14)7-4-12(16)17/h1-4,6-11H2,(H,16,17). The van der Waals surface area contributed by atoms with Crippen LogP contribution in [-0.4, -0.2) is 60.1 Å². The molecule has 0 bridgehead atoms. The minimum absolute atomic E-state index is 0.238. The van der Waals surface area contributed by atoms with Gasteiger partial charge in [-0.05, 0) is 19.4 Å². The summed E-state index contributed by atoms with van der Waals surface area (Å²) in [5.74, 6) is -0.719. The summed E-state index contributed by atoms with van der Waals surface area (Å²) in [7, 11) is 0. The summed E-state index contributed by atoms with van der Waals surface area (Å²) in [5.41, 5.74) is 0. The number of carbonyl (C=O) groups is 1. The summed E-state index contributed by atoms with van der Waals surface area (Å²) < 4.78 is 0. The van der Waals surface area contributed by atoms with Crippen molar-refractivity contribution in [3.8, 4) is 6.07 Å². The quantitative estimate of drug-likeness (QED) is 0.665. The van der Waals surface area contributed by atoms with Crippen molar-refractivity contribution in [2.75, 3.05) is 39.3 Å². The van der Waals surface area contributed by atoms with E-state index in [0.717, 1.165) is 45.6 Å². The first kappa shape index (κ1) is 13.9. The number of carboxylic acid groups (broad SMARTS) is 1. The van der Waals surface area contributed by atoms with Crippen molar-refractivity contribution < 1.29 is 9.90 Å². The lowest BCUT2D eigenvalue weighted by Gasteiger charge is -2.34. The molecule has 1 heterocycles. The predicted octanol–water partition coefficient (Wildman–Crippen LogP) is 0.773. The summed E-state index contributed by atoms with van der Waals surface area (Å²) in [4.78, 5) is 15.1. The summed E-state index contributed by atoms with van der Waals surface area (Å²) in [6.07, 6.45) is 2.96. The Bertz CT molecular complexity index is 267. The van der Waals surface area contributed by atoms with Crippen LogP contribution in [0.15, 0.2) is 0 Å². The molecule has 0 saturated carbocycles. The number of nitriles is 1. The minimum atomic E-state index is -0.719. The lowest BCUT2D eigenvalue weighted by Crippen LogP contribution is -2.47. The number of hydrogen-bond acceptors (Lipinski definition) is 4. The molecule has 0 amide bonds. The molecule has 1 aliphatic rings. The van der Waals surface area contributed by atoms with E-state index in [9.17, 15) is 4.79 Å². The lowest BCUT2D eigenvalue weighted by atomic mass is 10.2. The molecule has 0 atom stereocenters. The molecule has 5 heteroatoms. The Balaban J connectivity index is 2.05. The van der Waals surface area contributed by atoms with Gasteiger partial charge in [-0.2, -0.15) is 5.26 Å². The summed E-state index contributed by atoms with van der Waals surface area (Å²) >= 11 is 0. The van der Waals surface area contributed by atoms with Gasteiger partial charge < -0.3 is 14.9 Å². The Hall–Kier alpha value is -1.12. The van der Waals surface area contributed by atoms with Crippen molar-refractivity contribution in [3.63, 3.8) is 0 Å². The second-order valence-corrected chi connectivity index (χ2v) is 4.44. The fourth-order valence-electron chi connectivity index (χ4n) is 2.03. The van der Waals surface area contributed by atoms with E-state index in [-0.39, 0.29) is 6.42 Å². The highest BCUT2D eigenvalue weighted by atomic mass is 16.4. The van der Waals surface area contributed by atoms with Gasteiger partial charge in [0.25, 0.3) is 0 Å². The largest absolute Gasteiger partial charge is 0.481 e. The molecule has 5 nitrogen and oxygen atoms in total. The number of aliphatic carboxylic acids is 1. The maximum Gasteiger partial charge on any atom is 0.304 e. The molecule has 1 rings (SSSR count). The van der Waals surface area contributed by atoms with Crippen LogP contribution in [0, 0.1) is 11.3 Å². The van der Waals surface area contributed by atoms with Crippen LogP contribution in [0.25, 0.3) is 0 Å². The summed E-state index contributed by atoms with van der Waals surface area (Å²) in [6.45, 7) is 5.70. The molecule has 0 radical (unpaired) electrons. The first-order valence-corrected chi connectivity index (χ1v) is 6.26. The van der Waals surface area contributed by atoms with E-state index in [1.54, 1.807) is 0 Å². The third-order valence-corrected chi connectivity index (χ3v) is 3.12. The maximum atomic E-state index is 10.4. The molecule has 1 N–H and O–H groups in total. The fraction of sp³-hybridized carbons (Fsp3) is 0.833. The third-order valence-electron chi connectivity index (χ3n) is 3.12. The van der Waals surface area contributed by atoms with Gasteiger partial charge in [-0.3, -0.25) is 4.79 Å². The van der Waals surface area contributed by atoms with Crippen molar-refractivity contribution in [2.24, 2.45) is 0 Å². The Morgan fingerprint density at radius 3 is 2.24 bits per heavy atom. The molecule has 0 aromatic heterocycles. The van der Waals surface area contributed by atoms with E-state index in [2.05, 4.69) is 15.9 Å². The molecule has 0 spiro atoms. The zero-order chi connectivity index (χ0) is 12.5. The average Bonchev–Trinajstić information content (AvgIpc) is 2.33. The summed E-state index contributed by atoms with van der Waals surface area (Å²) in [5, 5.41) is 17.0. The van der Waals surface area contributed by atoms with Crippen LogP contribution in [0.2, 0.25) is 0 Å². The molecule has 17 heavy (non-hydrogen) atoms. The average molecular weight is 239 g/mol. The topological polar surface area (TPSA) is 67.6 Å². The van der Waals surface area contributed by atoms with Crippen molar-refractivity contribution in [1.82, 2.24) is 9.80 Å². The van der Waals surface area contributed by atoms with Gasteiger partial charge >= 0.3 is 5.97 Å². The Morgan fingerprint density at radius 2 is 1.71 bits per heavy atom. The SMILES string of the molecule is N#CCCCCN1CCN(CCC(=O)O)CC1. The zero-order valence-corrected chi connectivity index (χ0v) is 10.3. The van der Waals surface area contributed by atoms with Crippen molar-refractivity contribution >= 4 is 5.97 Å². The van der Waals surface area contributed by atoms with E-state index in [1.807, 2.05) is 0 Å². The number of piperazine rings is 1. The van der Waals surface area contributed by atoms with Gasteiger partial charge in [-0.1, -0.05) is 0 Å². The van der Waals surface area contributed by atoms with E-state index in [4.69, 9.17) is 10.4 Å². The van der Waals surface area contributed by atoms with Crippen molar-refractivity contribution in [1.29, 1.82) is 5.26 Å². The van der Waals surface area contributed by atoms with Gasteiger partial charge in [0.15, 0.2) is 0 Å². The zero-order valence-electron chi connectivity index (χ0n) is 10.3. The Kier molecular flexibility index (Phi) is 6.60. The van der Waals surface area contributed by atoms with E-state index in [1.165, 1.54) is 0 Å². The molecular formula is C12H21N3O2.